The van der Waals surface area contributed by atoms with E-state index in [1.54, 1.807) is 7.11 Å². The highest BCUT2D eigenvalue weighted by Crippen LogP contribution is 2.39. The number of benzene rings is 4. The minimum absolute atomic E-state index is 0.888. The third-order valence-corrected chi connectivity index (χ3v) is 4.61. The molecule has 4 aromatic rings. The average Bonchev–Trinajstić information content (AvgIpc) is 2.74. The molecule has 1 heteroatoms. The van der Waals surface area contributed by atoms with Crippen LogP contribution in [0.2, 0.25) is 0 Å². The Morgan fingerprint density at radius 1 is 0.462 bits per heavy atom. The molecule has 0 fully saturated rings. The number of rotatable bonds is 4. The summed E-state index contributed by atoms with van der Waals surface area (Å²) in [4.78, 5) is 0. The molecule has 0 amide bonds. The van der Waals surface area contributed by atoms with Gasteiger partial charge in [0.1, 0.15) is 5.75 Å². The van der Waals surface area contributed by atoms with Crippen molar-refractivity contribution in [2.75, 3.05) is 7.11 Å². The van der Waals surface area contributed by atoms with Crippen LogP contribution in [0.5, 0.6) is 5.75 Å². The molecule has 4 rings (SSSR count). The molecular weight excluding hydrogens is 316 g/mol. The molecule has 0 saturated carbocycles. The van der Waals surface area contributed by atoms with Crippen molar-refractivity contribution >= 4 is 0 Å². The van der Waals surface area contributed by atoms with Gasteiger partial charge in [-0.3, -0.25) is 0 Å². The molecule has 0 aliphatic carbocycles. The van der Waals surface area contributed by atoms with Crippen molar-refractivity contribution in [3.05, 3.63) is 103 Å². The lowest BCUT2D eigenvalue weighted by atomic mass is 9.92. The molecule has 0 N–H and O–H groups in total. The predicted octanol–water partition coefficient (Wildman–Crippen LogP) is 6.70. The van der Waals surface area contributed by atoms with Crippen LogP contribution in [-0.4, -0.2) is 7.11 Å². The minimum Gasteiger partial charge on any atom is -0.496 e. The van der Waals surface area contributed by atoms with Crippen LogP contribution in [-0.2, 0) is 0 Å². The van der Waals surface area contributed by atoms with Crippen molar-refractivity contribution in [1.82, 2.24) is 0 Å². The van der Waals surface area contributed by atoms with Crippen LogP contribution in [0.25, 0.3) is 33.4 Å². The molecule has 26 heavy (non-hydrogen) atoms. The highest BCUT2D eigenvalue weighted by atomic mass is 16.5. The largest absolute Gasteiger partial charge is 0.496 e. The predicted molar refractivity (Wildman–Crippen MR) is 109 cm³/mol. The van der Waals surface area contributed by atoms with E-state index in [9.17, 15) is 0 Å². The molecule has 0 radical (unpaired) electrons. The normalized spacial score (nSPS) is 10.5. The molecule has 0 unspecified atom stereocenters. The summed E-state index contributed by atoms with van der Waals surface area (Å²) in [6.07, 6.45) is 0. The Hall–Kier alpha value is -3.32. The van der Waals surface area contributed by atoms with Crippen molar-refractivity contribution in [3.8, 4) is 39.1 Å². The lowest BCUT2D eigenvalue weighted by Crippen LogP contribution is -1.92. The van der Waals surface area contributed by atoms with Gasteiger partial charge in [0, 0.05) is 5.56 Å². The van der Waals surface area contributed by atoms with Crippen LogP contribution < -0.4 is 4.74 Å². The average molecular weight is 336 g/mol. The van der Waals surface area contributed by atoms with E-state index in [1.165, 1.54) is 22.3 Å². The van der Waals surface area contributed by atoms with Gasteiger partial charge in [0.15, 0.2) is 0 Å². The molecule has 0 saturated heterocycles. The Labute approximate surface area is 154 Å². The van der Waals surface area contributed by atoms with Crippen LogP contribution in [0.4, 0.5) is 0 Å². The van der Waals surface area contributed by atoms with Gasteiger partial charge in [0.25, 0.3) is 0 Å². The summed E-state index contributed by atoms with van der Waals surface area (Å²) in [6, 6.07) is 35.8. The maximum atomic E-state index is 5.68. The number of hydrogen-bond acceptors (Lipinski definition) is 1. The van der Waals surface area contributed by atoms with Crippen molar-refractivity contribution in [1.29, 1.82) is 0 Å². The van der Waals surface area contributed by atoms with Gasteiger partial charge in [-0.25, -0.2) is 0 Å². The Bertz CT molecular complexity index is 987. The Morgan fingerprint density at radius 3 is 1.62 bits per heavy atom. The second kappa shape index (κ2) is 7.28. The number of hydrogen-bond donors (Lipinski definition) is 0. The highest BCUT2D eigenvalue weighted by Gasteiger charge is 2.13. The fourth-order valence-corrected chi connectivity index (χ4v) is 3.32. The van der Waals surface area contributed by atoms with Crippen molar-refractivity contribution in [2.24, 2.45) is 0 Å². The third kappa shape index (κ3) is 3.12. The maximum absolute atomic E-state index is 5.68. The van der Waals surface area contributed by atoms with E-state index >= 15 is 0 Å². The minimum atomic E-state index is 0.888. The Morgan fingerprint density at radius 2 is 1.00 bits per heavy atom. The molecule has 1 nitrogen and oxygen atoms in total. The summed E-state index contributed by atoms with van der Waals surface area (Å²) in [5.41, 5.74) is 7.08. The molecule has 0 spiro atoms. The molecule has 126 valence electrons. The second-order valence-electron chi connectivity index (χ2n) is 6.19. The van der Waals surface area contributed by atoms with E-state index < -0.39 is 0 Å². The monoisotopic (exact) mass is 336 g/mol. The maximum Gasteiger partial charge on any atom is 0.127 e. The van der Waals surface area contributed by atoms with Crippen LogP contribution >= 0.6 is 0 Å². The van der Waals surface area contributed by atoms with Gasteiger partial charge in [-0.2, -0.15) is 0 Å². The van der Waals surface area contributed by atoms with Crippen LogP contribution in [0, 0.1) is 0 Å². The van der Waals surface area contributed by atoms with Crippen LogP contribution in [0.1, 0.15) is 0 Å². The van der Waals surface area contributed by atoms with E-state index in [2.05, 4.69) is 78.9 Å². The summed E-state index contributed by atoms with van der Waals surface area (Å²) in [5, 5.41) is 0. The molecule has 0 heterocycles. The molecule has 0 aliphatic rings. The first-order chi connectivity index (χ1) is 12.9. The van der Waals surface area contributed by atoms with Gasteiger partial charge < -0.3 is 4.74 Å². The molecular formula is C25H20O. The van der Waals surface area contributed by atoms with Gasteiger partial charge in [0.2, 0.25) is 0 Å². The first-order valence-electron chi connectivity index (χ1n) is 8.75. The summed E-state index contributed by atoms with van der Waals surface area (Å²) >= 11 is 0. The second-order valence-corrected chi connectivity index (χ2v) is 6.19. The summed E-state index contributed by atoms with van der Waals surface area (Å²) < 4.78 is 5.68. The first kappa shape index (κ1) is 16.2. The zero-order chi connectivity index (χ0) is 17.8. The Kier molecular flexibility index (Phi) is 4.53. The number of ether oxygens (including phenoxy) is 1. The third-order valence-electron chi connectivity index (χ3n) is 4.61. The zero-order valence-electron chi connectivity index (χ0n) is 14.7. The lowest BCUT2D eigenvalue weighted by molar-refractivity contribution is 0.416. The zero-order valence-corrected chi connectivity index (χ0v) is 14.7. The Balaban J connectivity index is 1.82. The molecule has 0 atom stereocenters. The van der Waals surface area contributed by atoms with Gasteiger partial charge in [-0.1, -0.05) is 97.1 Å². The van der Waals surface area contributed by atoms with Gasteiger partial charge in [0.05, 0.1) is 7.11 Å². The molecule has 4 aromatic carbocycles. The van der Waals surface area contributed by atoms with Crippen molar-refractivity contribution in [3.63, 3.8) is 0 Å². The fraction of sp³-hybridized carbons (Fsp3) is 0.0400. The topological polar surface area (TPSA) is 9.23 Å². The fourth-order valence-electron chi connectivity index (χ4n) is 3.32. The smallest absolute Gasteiger partial charge is 0.127 e. The lowest BCUT2D eigenvalue weighted by Gasteiger charge is -2.15. The number of methoxy groups -OCH3 is 1. The van der Waals surface area contributed by atoms with Crippen LogP contribution in [0.15, 0.2) is 103 Å². The van der Waals surface area contributed by atoms with Crippen LogP contribution in [0.3, 0.4) is 0 Å². The molecule has 0 bridgehead atoms. The summed E-state index contributed by atoms with van der Waals surface area (Å²) in [6.45, 7) is 0. The van der Waals surface area contributed by atoms with Crippen molar-refractivity contribution < 1.29 is 4.74 Å². The highest BCUT2D eigenvalue weighted by molar-refractivity contribution is 5.88. The van der Waals surface area contributed by atoms with Crippen molar-refractivity contribution in [2.45, 2.75) is 0 Å². The van der Waals surface area contributed by atoms with Gasteiger partial charge in [-0.05, 0) is 33.9 Å². The first-order valence-corrected chi connectivity index (χ1v) is 8.75. The van der Waals surface area contributed by atoms with E-state index in [0.29, 0.717) is 0 Å². The molecule has 0 aromatic heterocycles. The van der Waals surface area contributed by atoms with Gasteiger partial charge in [-0.15, -0.1) is 0 Å². The molecule has 0 aliphatic heterocycles. The van der Waals surface area contributed by atoms with E-state index in [1.807, 2.05) is 24.3 Å². The standard InChI is InChI=1S/C25H20O/c1-26-24-14-8-13-23(21-11-6-3-7-12-21)25(24)22-17-15-20(16-18-22)19-9-4-2-5-10-19/h2-18H,1H3. The van der Waals surface area contributed by atoms with E-state index in [4.69, 9.17) is 4.74 Å². The quantitative estimate of drug-likeness (QED) is 0.403. The summed E-state index contributed by atoms with van der Waals surface area (Å²) in [7, 11) is 1.73. The van der Waals surface area contributed by atoms with E-state index in [-0.39, 0.29) is 0 Å². The van der Waals surface area contributed by atoms with E-state index in [0.717, 1.165) is 16.9 Å². The van der Waals surface area contributed by atoms with Gasteiger partial charge >= 0.3 is 0 Å². The SMILES string of the molecule is COc1cccc(-c2ccccc2)c1-c1ccc(-c2ccccc2)cc1. The summed E-state index contributed by atoms with van der Waals surface area (Å²) in [5.74, 6) is 0.888.